The molecule has 8 heteroatoms. The van der Waals surface area contributed by atoms with E-state index in [4.69, 9.17) is 5.73 Å². The van der Waals surface area contributed by atoms with Crippen molar-refractivity contribution in [2.24, 2.45) is 0 Å². The lowest BCUT2D eigenvalue weighted by molar-refractivity contribution is -0.194. The first kappa shape index (κ1) is 19.8. The van der Waals surface area contributed by atoms with Crippen molar-refractivity contribution in [3.63, 3.8) is 0 Å². The van der Waals surface area contributed by atoms with Crippen LogP contribution in [-0.4, -0.2) is 62.7 Å². The number of likely N-dealkylation sites (N-methyl/N-ethyl adjacent to an activating group) is 2. The molecule has 1 fully saturated rings. The molecule has 4 rings (SSSR count). The van der Waals surface area contributed by atoms with Gasteiger partial charge in [0.1, 0.15) is 11.8 Å². The third-order valence-electron chi connectivity index (χ3n) is 5.86. The van der Waals surface area contributed by atoms with Gasteiger partial charge in [0, 0.05) is 44.0 Å². The second kappa shape index (κ2) is 7.07. The lowest BCUT2D eigenvalue weighted by atomic mass is 9.92. The fourth-order valence-electron chi connectivity index (χ4n) is 4.13. The minimum atomic E-state index is -2.04. The number of aromatic nitrogens is 1. The van der Waals surface area contributed by atoms with Crippen LogP contribution in [0, 0.1) is 0 Å². The minimum absolute atomic E-state index is 0.0186. The Balaban J connectivity index is 1.64. The molecule has 1 aliphatic heterocycles. The van der Waals surface area contributed by atoms with E-state index < -0.39 is 23.6 Å². The number of fused-ring (bicyclic) bond motifs is 1. The van der Waals surface area contributed by atoms with E-state index in [0.29, 0.717) is 11.3 Å². The molecule has 0 spiro atoms. The molecule has 2 aromatic carbocycles. The predicted molar refractivity (Wildman–Crippen MR) is 111 cm³/mol. The molecule has 155 valence electrons. The smallest absolute Gasteiger partial charge is 0.276 e. The van der Waals surface area contributed by atoms with E-state index in [2.05, 4.69) is 4.98 Å². The van der Waals surface area contributed by atoms with E-state index in [1.54, 1.807) is 30.5 Å². The van der Waals surface area contributed by atoms with Gasteiger partial charge >= 0.3 is 0 Å². The van der Waals surface area contributed by atoms with Crippen LogP contribution in [0.3, 0.4) is 0 Å². The maximum Gasteiger partial charge on any atom is 0.276 e. The molecule has 4 N–H and O–H groups in total. The van der Waals surface area contributed by atoms with Crippen molar-refractivity contribution in [3.8, 4) is 5.75 Å². The average Bonchev–Trinajstić information content (AvgIpc) is 3.13. The molecule has 2 atom stereocenters. The summed E-state index contributed by atoms with van der Waals surface area (Å²) in [7, 11) is 2.91. The van der Waals surface area contributed by atoms with Gasteiger partial charge in [0.25, 0.3) is 5.91 Å². The average molecular weight is 407 g/mol. The number of piperazine rings is 1. The standard InChI is InChI=1S/C22H23N4O4/c1-25-18(10-14-12-24-17-8-4-7-16(23)19(14)17)20(28)26(2)22(30,21(25)29)11-13-5-3-6-15(27)9-13/h3-9,12,18,23-24,27,30H,10-11H2,1-2H3/t18-,22+/m0/s1. The number of carbonyl (C=O) groups excluding carboxylic acids is 2. The molecular weight excluding hydrogens is 384 g/mol. The lowest BCUT2D eigenvalue weighted by Gasteiger charge is -2.47. The van der Waals surface area contributed by atoms with Crippen LogP contribution in [0.25, 0.3) is 10.9 Å². The Labute approximate surface area is 173 Å². The van der Waals surface area contributed by atoms with E-state index in [0.717, 1.165) is 21.4 Å². The number of phenolic OH excluding ortho intramolecular Hbond substituents is 1. The van der Waals surface area contributed by atoms with E-state index >= 15 is 0 Å². The van der Waals surface area contributed by atoms with E-state index in [-0.39, 0.29) is 18.6 Å². The molecule has 0 unspecified atom stereocenters. The number of rotatable bonds is 4. The quantitative estimate of drug-likeness (QED) is 0.608. The number of aromatic hydroxyl groups is 1. The molecule has 3 aromatic rings. The molecule has 0 saturated carbocycles. The summed E-state index contributed by atoms with van der Waals surface area (Å²) < 4.78 is 0. The Morgan fingerprint density at radius 1 is 1.17 bits per heavy atom. The molecule has 8 nitrogen and oxygen atoms in total. The fraction of sp³-hybridized carbons (Fsp3) is 0.273. The maximum atomic E-state index is 13.2. The second-order valence-electron chi connectivity index (χ2n) is 7.74. The normalized spacial score (nSPS) is 22.2. The maximum absolute atomic E-state index is 13.2. The zero-order valence-corrected chi connectivity index (χ0v) is 16.7. The summed E-state index contributed by atoms with van der Waals surface area (Å²) in [4.78, 5) is 31.8. The topological polar surface area (TPSA) is 121 Å². The predicted octanol–water partition coefficient (Wildman–Crippen LogP) is 1.56. The monoisotopic (exact) mass is 407 g/mol. The number of amides is 2. The summed E-state index contributed by atoms with van der Waals surface area (Å²) in [6.07, 6.45) is 1.84. The zero-order valence-electron chi connectivity index (χ0n) is 16.7. The van der Waals surface area contributed by atoms with Gasteiger partial charge in [0.15, 0.2) is 0 Å². The summed E-state index contributed by atoms with van der Waals surface area (Å²) in [5.74, 6) is -0.967. The molecule has 1 aromatic heterocycles. The summed E-state index contributed by atoms with van der Waals surface area (Å²) in [5.41, 5.74) is 8.56. The highest BCUT2D eigenvalue weighted by Crippen LogP contribution is 2.32. The van der Waals surface area contributed by atoms with Crippen molar-refractivity contribution < 1.29 is 19.8 Å². The minimum Gasteiger partial charge on any atom is -0.508 e. The molecule has 0 aliphatic carbocycles. The van der Waals surface area contributed by atoms with Crippen LogP contribution >= 0.6 is 0 Å². The SMILES string of the molecule is CN1C(=O)[C@](O)(Cc2cccc(O)c2)N(C)C(=O)[C@@H]1Cc1c[nH]c2cccc([NH])c12. The van der Waals surface area contributed by atoms with Crippen molar-refractivity contribution in [2.75, 3.05) is 14.1 Å². The number of hydrogen-bond acceptors (Lipinski definition) is 4. The molecule has 1 radical (unpaired) electrons. The number of aromatic amines is 1. The van der Waals surface area contributed by atoms with Gasteiger partial charge in [-0.1, -0.05) is 18.2 Å². The Kier molecular flexibility index (Phi) is 4.66. The lowest BCUT2D eigenvalue weighted by Crippen LogP contribution is -2.70. The highest BCUT2D eigenvalue weighted by Gasteiger charge is 2.52. The molecule has 30 heavy (non-hydrogen) atoms. The van der Waals surface area contributed by atoms with Crippen LogP contribution in [0.2, 0.25) is 0 Å². The van der Waals surface area contributed by atoms with Crippen LogP contribution < -0.4 is 5.73 Å². The number of aliphatic hydroxyl groups is 1. The fourth-order valence-corrected chi connectivity index (χ4v) is 4.13. The summed E-state index contributed by atoms with van der Waals surface area (Å²) in [5, 5.41) is 21.5. The molecule has 1 aliphatic rings. The van der Waals surface area contributed by atoms with E-state index in [1.165, 1.54) is 31.1 Å². The number of nitrogens with one attached hydrogen (secondary N) is 2. The second-order valence-corrected chi connectivity index (χ2v) is 7.74. The van der Waals surface area contributed by atoms with Crippen LogP contribution in [0.15, 0.2) is 48.7 Å². The van der Waals surface area contributed by atoms with Crippen molar-refractivity contribution in [1.29, 1.82) is 0 Å². The zero-order chi connectivity index (χ0) is 21.6. The van der Waals surface area contributed by atoms with E-state index in [1.807, 2.05) is 6.07 Å². The van der Waals surface area contributed by atoms with Gasteiger partial charge in [-0.25, -0.2) is 0 Å². The Morgan fingerprint density at radius 3 is 2.63 bits per heavy atom. The van der Waals surface area contributed by atoms with Crippen LogP contribution in [-0.2, 0) is 22.4 Å². The highest BCUT2D eigenvalue weighted by molar-refractivity contribution is 5.99. The summed E-state index contributed by atoms with van der Waals surface area (Å²) in [6, 6.07) is 10.8. The number of carbonyl (C=O) groups is 2. The number of nitrogens with zero attached hydrogens (tertiary/aromatic N) is 2. The van der Waals surface area contributed by atoms with Crippen molar-refractivity contribution in [3.05, 3.63) is 59.8 Å². The van der Waals surface area contributed by atoms with Gasteiger partial charge in [-0.05, 0) is 35.4 Å². The number of benzene rings is 2. The van der Waals surface area contributed by atoms with Gasteiger partial charge in [0.05, 0.1) is 5.69 Å². The summed E-state index contributed by atoms with van der Waals surface area (Å²) in [6.45, 7) is 0. The molecule has 0 bridgehead atoms. The molecule has 2 amide bonds. The highest BCUT2D eigenvalue weighted by atomic mass is 16.3. The van der Waals surface area contributed by atoms with E-state index in [9.17, 15) is 19.8 Å². The van der Waals surface area contributed by atoms with Crippen molar-refractivity contribution in [1.82, 2.24) is 20.5 Å². The van der Waals surface area contributed by atoms with Gasteiger partial charge in [0.2, 0.25) is 11.6 Å². The third-order valence-corrected chi connectivity index (χ3v) is 5.86. The van der Waals surface area contributed by atoms with Crippen molar-refractivity contribution >= 4 is 28.4 Å². The van der Waals surface area contributed by atoms with Crippen LogP contribution in [0.5, 0.6) is 5.75 Å². The van der Waals surface area contributed by atoms with Crippen LogP contribution in [0.4, 0.5) is 5.69 Å². The Morgan fingerprint density at radius 2 is 1.90 bits per heavy atom. The largest absolute Gasteiger partial charge is 0.508 e. The first-order chi connectivity index (χ1) is 14.2. The van der Waals surface area contributed by atoms with Crippen molar-refractivity contribution in [2.45, 2.75) is 24.6 Å². The third kappa shape index (κ3) is 3.05. The Bertz CT molecular complexity index is 1140. The molecular formula is C22H23N4O4. The van der Waals surface area contributed by atoms with Gasteiger partial charge < -0.3 is 30.7 Å². The van der Waals surface area contributed by atoms with Gasteiger partial charge in [-0.3, -0.25) is 9.59 Å². The molecule has 2 heterocycles. The number of phenols is 1. The number of hydrogen-bond donors (Lipinski definition) is 3. The first-order valence-corrected chi connectivity index (χ1v) is 9.58. The Hall–Kier alpha value is -3.52. The van der Waals surface area contributed by atoms with Crippen LogP contribution in [0.1, 0.15) is 11.1 Å². The summed E-state index contributed by atoms with van der Waals surface area (Å²) >= 11 is 0. The molecule has 1 saturated heterocycles. The first-order valence-electron chi connectivity index (χ1n) is 9.58. The van der Waals surface area contributed by atoms with Gasteiger partial charge in [-0.15, -0.1) is 0 Å². The van der Waals surface area contributed by atoms with Gasteiger partial charge in [-0.2, -0.15) is 0 Å². The number of H-pyrrole nitrogens is 1.